The number of aryl methyl sites for hydroxylation is 2. The first-order valence-corrected chi connectivity index (χ1v) is 17.3. The average molecular weight is 538 g/mol. The molecule has 7 heteroatoms. The summed E-state index contributed by atoms with van der Waals surface area (Å²) in [6, 6.07) is 6.81. The summed E-state index contributed by atoms with van der Waals surface area (Å²) in [7, 11) is -1.89. The van der Waals surface area contributed by atoms with Crippen molar-refractivity contribution in [3.63, 3.8) is 0 Å². The number of hydrogen-bond acceptors (Lipinski definition) is 5. The van der Waals surface area contributed by atoms with Gasteiger partial charge in [-0.25, -0.2) is 4.79 Å². The second-order valence-electron chi connectivity index (χ2n) is 12.2. The van der Waals surface area contributed by atoms with Crippen molar-refractivity contribution in [1.29, 1.82) is 0 Å². The van der Waals surface area contributed by atoms with Crippen molar-refractivity contribution >= 4 is 36.5 Å². The summed E-state index contributed by atoms with van der Waals surface area (Å²) in [4.78, 5) is 28.5. The van der Waals surface area contributed by atoms with E-state index in [1.54, 1.807) is 13.1 Å². The Morgan fingerprint density at radius 3 is 2.54 bits per heavy atom. The molecule has 0 bridgehead atoms. The van der Waals surface area contributed by atoms with Crippen LogP contribution in [0.4, 0.5) is 0 Å². The minimum absolute atomic E-state index is 0.130. The second-order valence-corrected chi connectivity index (χ2v) is 18.0. The molecule has 0 radical (unpaired) electrons. The lowest BCUT2D eigenvalue weighted by Crippen LogP contribution is -2.42. The molecule has 2 aromatic heterocycles. The van der Waals surface area contributed by atoms with Crippen LogP contribution < -0.4 is 5.43 Å². The van der Waals surface area contributed by atoms with Crippen LogP contribution in [0.15, 0.2) is 29.2 Å². The van der Waals surface area contributed by atoms with Gasteiger partial charge >= 0.3 is 5.97 Å². The molecule has 2 heterocycles. The summed E-state index contributed by atoms with van der Waals surface area (Å²) in [6.07, 6.45) is 7.33. The van der Waals surface area contributed by atoms with Crippen LogP contribution in [-0.4, -0.2) is 25.5 Å². The number of fused-ring (bicyclic) bond motifs is 2. The lowest BCUT2D eigenvalue weighted by atomic mass is 9.95. The van der Waals surface area contributed by atoms with Crippen molar-refractivity contribution in [2.45, 2.75) is 97.0 Å². The third kappa shape index (κ3) is 4.86. The number of aromatic nitrogens is 1. The molecule has 2 aliphatic carbocycles. The molecule has 1 atom stereocenters. The molecule has 0 aliphatic heterocycles. The van der Waals surface area contributed by atoms with E-state index in [0.717, 1.165) is 48.7 Å². The molecule has 37 heavy (non-hydrogen) atoms. The summed E-state index contributed by atoms with van der Waals surface area (Å²) in [5.74, 6) is -0.538. The fourth-order valence-electron chi connectivity index (χ4n) is 5.08. The van der Waals surface area contributed by atoms with Gasteiger partial charge in [0.25, 0.3) is 0 Å². The van der Waals surface area contributed by atoms with Crippen molar-refractivity contribution in [1.82, 2.24) is 4.57 Å². The first kappa shape index (κ1) is 26.4. The highest BCUT2D eigenvalue weighted by Gasteiger charge is 2.40. The van der Waals surface area contributed by atoms with Crippen molar-refractivity contribution in [3.05, 3.63) is 56.2 Å². The highest BCUT2D eigenvalue weighted by Crippen LogP contribution is 2.47. The molecular formula is C30H39NO4SSi. The minimum Gasteiger partial charge on any atom is -0.462 e. The van der Waals surface area contributed by atoms with E-state index in [-0.39, 0.29) is 28.7 Å². The number of ether oxygens (including phenoxy) is 1. The predicted octanol–water partition coefficient (Wildman–Crippen LogP) is 7.95. The highest BCUT2D eigenvalue weighted by molar-refractivity contribution is 7.15. The van der Waals surface area contributed by atoms with Crippen LogP contribution in [-0.2, 0) is 15.6 Å². The monoisotopic (exact) mass is 537 g/mol. The molecule has 0 spiro atoms. The van der Waals surface area contributed by atoms with Gasteiger partial charge in [-0.15, -0.1) is 11.3 Å². The number of rotatable bonds is 6. The molecule has 1 fully saturated rings. The number of hydrogen-bond donors (Lipinski definition) is 0. The zero-order valence-electron chi connectivity index (χ0n) is 23.2. The maximum absolute atomic E-state index is 13.3. The average Bonchev–Trinajstić information content (AvgIpc) is 3.56. The Balaban J connectivity index is 1.59. The predicted molar refractivity (Wildman–Crippen MR) is 154 cm³/mol. The third-order valence-corrected chi connectivity index (χ3v) is 14.2. The number of esters is 1. The van der Waals surface area contributed by atoms with Crippen LogP contribution in [0.1, 0.15) is 91.9 Å². The highest BCUT2D eigenvalue weighted by atomic mass is 32.1. The third-order valence-electron chi connectivity index (χ3n) is 8.37. The SMILES string of the molecule is CCOC(=O)c1cn(C2CC2)c2cc(-c3cc4c(s3)C(O[Si](C)(C)C(C)(C)C)CCC4)c(C)cc2c1=O. The van der Waals surface area contributed by atoms with E-state index >= 15 is 0 Å². The molecule has 1 unspecified atom stereocenters. The maximum atomic E-state index is 13.3. The van der Waals surface area contributed by atoms with Gasteiger partial charge in [0.15, 0.2) is 8.32 Å². The van der Waals surface area contributed by atoms with Gasteiger partial charge in [0, 0.05) is 27.4 Å². The zero-order valence-corrected chi connectivity index (χ0v) is 25.0. The van der Waals surface area contributed by atoms with Crippen molar-refractivity contribution < 1.29 is 14.0 Å². The standard InChI is InChI=1S/C30H39NO4SSi/c1-8-34-29(33)23-17-31(20-12-13-20)24-16-21(18(2)14-22(24)27(23)32)26-15-19-10-9-11-25(28(19)36-26)35-37(6,7)30(3,4)5/h14-17,20,25H,8-13H2,1-7H3. The molecule has 1 saturated carbocycles. The molecule has 1 aromatic carbocycles. The molecule has 0 amide bonds. The number of carbonyl (C=O) groups excluding carboxylic acids is 1. The van der Waals surface area contributed by atoms with Crippen LogP contribution in [0.3, 0.4) is 0 Å². The Morgan fingerprint density at radius 2 is 1.89 bits per heavy atom. The number of pyridine rings is 1. The fraction of sp³-hybridized carbons (Fsp3) is 0.533. The van der Waals surface area contributed by atoms with E-state index in [0.29, 0.717) is 11.4 Å². The van der Waals surface area contributed by atoms with E-state index in [9.17, 15) is 9.59 Å². The molecule has 2 aliphatic rings. The van der Waals surface area contributed by atoms with E-state index in [1.807, 2.05) is 17.4 Å². The van der Waals surface area contributed by atoms with Crippen molar-refractivity contribution in [3.8, 4) is 10.4 Å². The lowest BCUT2D eigenvalue weighted by Gasteiger charge is -2.40. The molecule has 0 saturated heterocycles. The fourth-order valence-corrected chi connectivity index (χ4v) is 7.82. The van der Waals surface area contributed by atoms with E-state index in [4.69, 9.17) is 9.16 Å². The van der Waals surface area contributed by atoms with Crippen LogP contribution in [0, 0.1) is 6.92 Å². The zero-order chi connectivity index (χ0) is 26.7. The van der Waals surface area contributed by atoms with Crippen LogP contribution >= 0.6 is 11.3 Å². The van der Waals surface area contributed by atoms with Crippen LogP contribution in [0.2, 0.25) is 18.1 Å². The summed E-state index contributed by atoms with van der Waals surface area (Å²) in [6.45, 7) is 15.7. The Bertz CT molecular complexity index is 1420. The van der Waals surface area contributed by atoms with Gasteiger partial charge in [-0.1, -0.05) is 20.8 Å². The molecule has 3 aromatic rings. The molecule has 0 N–H and O–H groups in total. The molecule has 198 valence electrons. The van der Waals surface area contributed by atoms with Gasteiger partial charge in [0.05, 0.1) is 18.2 Å². The van der Waals surface area contributed by atoms with Crippen LogP contribution in [0.5, 0.6) is 0 Å². The Kier molecular flexibility index (Phi) is 6.78. The first-order chi connectivity index (χ1) is 17.4. The normalized spacial score (nSPS) is 18.2. The van der Waals surface area contributed by atoms with E-state index in [2.05, 4.69) is 57.5 Å². The van der Waals surface area contributed by atoms with E-state index < -0.39 is 14.3 Å². The quantitative estimate of drug-likeness (QED) is 0.236. The topological polar surface area (TPSA) is 57.5 Å². The number of nitrogens with zero attached hydrogens (tertiary/aromatic N) is 1. The molecular weight excluding hydrogens is 498 g/mol. The summed E-state index contributed by atoms with van der Waals surface area (Å²) < 4.78 is 14.2. The van der Waals surface area contributed by atoms with Gasteiger partial charge in [0.1, 0.15) is 5.56 Å². The first-order valence-electron chi connectivity index (χ1n) is 13.6. The number of carbonyl (C=O) groups is 1. The lowest BCUT2D eigenvalue weighted by molar-refractivity contribution is 0.0524. The summed E-state index contributed by atoms with van der Waals surface area (Å²) >= 11 is 1.86. The van der Waals surface area contributed by atoms with Gasteiger partial charge in [-0.3, -0.25) is 4.79 Å². The van der Waals surface area contributed by atoms with Crippen molar-refractivity contribution in [2.75, 3.05) is 6.61 Å². The van der Waals surface area contributed by atoms with Gasteiger partial charge < -0.3 is 13.7 Å². The van der Waals surface area contributed by atoms with Gasteiger partial charge in [0.2, 0.25) is 5.43 Å². The second kappa shape index (κ2) is 9.51. The van der Waals surface area contributed by atoms with Gasteiger partial charge in [-0.2, -0.15) is 0 Å². The Morgan fingerprint density at radius 1 is 1.16 bits per heavy atom. The number of thiophene rings is 1. The maximum Gasteiger partial charge on any atom is 0.343 e. The van der Waals surface area contributed by atoms with Gasteiger partial charge in [-0.05, 0) is 99.0 Å². The Labute approximate surface area is 224 Å². The largest absolute Gasteiger partial charge is 0.462 e. The minimum atomic E-state index is -1.89. The summed E-state index contributed by atoms with van der Waals surface area (Å²) in [5, 5.41) is 0.772. The van der Waals surface area contributed by atoms with Crippen LogP contribution in [0.25, 0.3) is 21.3 Å². The molecule has 5 rings (SSSR count). The van der Waals surface area contributed by atoms with Crippen molar-refractivity contribution in [2.24, 2.45) is 0 Å². The Hall–Kier alpha value is -2.22. The summed E-state index contributed by atoms with van der Waals surface area (Å²) in [5.41, 5.74) is 4.41. The molecule has 5 nitrogen and oxygen atoms in total. The number of benzene rings is 1. The smallest absolute Gasteiger partial charge is 0.343 e. The van der Waals surface area contributed by atoms with E-state index in [1.165, 1.54) is 15.3 Å².